The fraction of sp³-hybridized carbons (Fsp3) is 0.400. The number of hydrogen-bond donors (Lipinski definition) is 0. The van der Waals surface area contributed by atoms with Crippen LogP contribution in [0.5, 0.6) is 0 Å². The molecule has 43 valence electrons. The largest absolute Gasteiger partial charge is 0.285 e. The van der Waals surface area contributed by atoms with Gasteiger partial charge in [0, 0.05) is 20.3 Å². The van der Waals surface area contributed by atoms with Crippen LogP contribution in [-0.4, -0.2) is 16.8 Å². The minimum atomic E-state index is 0.924. The lowest BCUT2D eigenvalue weighted by molar-refractivity contribution is 0.767. The van der Waals surface area contributed by atoms with Crippen molar-refractivity contribution in [3.8, 4) is 0 Å². The maximum Gasteiger partial charge on any atom is 0.0950 e. The molecule has 8 heavy (non-hydrogen) atoms. The van der Waals surface area contributed by atoms with Gasteiger partial charge in [0.15, 0.2) is 0 Å². The molecule has 0 aliphatic carbocycles. The van der Waals surface area contributed by atoms with Crippen LogP contribution < -0.4 is 5.32 Å². The van der Waals surface area contributed by atoms with Gasteiger partial charge in [-0.1, -0.05) is 0 Å². The van der Waals surface area contributed by atoms with E-state index in [2.05, 4.69) is 10.4 Å². The van der Waals surface area contributed by atoms with E-state index in [9.17, 15) is 0 Å². The van der Waals surface area contributed by atoms with Crippen molar-refractivity contribution in [3.05, 3.63) is 12.4 Å². The van der Waals surface area contributed by atoms with E-state index in [1.165, 1.54) is 0 Å². The maximum atomic E-state index is 3.91. The average Bonchev–Trinajstić information content (AvgIpc) is 2.14. The molecule has 0 aromatic carbocycles. The second-order valence-electron chi connectivity index (χ2n) is 1.60. The van der Waals surface area contributed by atoms with Crippen LogP contribution in [0.2, 0.25) is 0 Å². The highest BCUT2D eigenvalue weighted by atomic mass is 15.2. The van der Waals surface area contributed by atoms with E-state index in [0.29, 0.717) is 0 Å². The lowest BCUT2D eigenvalue weighted by Crippen LogP contribution is -1.85. The van der Waals surface area contributed by atoms with Gasteiger partial charge in [0.1, 0.15) is 0 Å². The predicted molar refractivity (Wildman–Crippen MR) is 30.9 cm³/mol. The smallest absolute Gasteiger partial charge is 0.0950 e. The van der Waals surface area contributed by atoms with E-state index in [1.54, 1.807) is 17.9 Å². The highest BCUT2D eigenvalue weighted by Crippen LogP contribution is 1.99. The maximum absolute atomic E-state index is 3.91. The quantitative estimate of drug-likeness (QED) is 0.511. The monoisotopic (exact) mass is 110 g/mol. The lowest BCUT2D eigenvalue weighted by atomic mass is 10.6. The minimum absolute atomic E-state index is 0.924. The molecule has 0 spiro atoms. The first-order valence-corrected chi connectivity index (χ1v) is 2.41. The Kier molecular flexibility index (Phi) is 1.20. The summed E-state index contributed by atoms with van der Waals surface area (Å²) in [6, 6.07) is 0. The van der Waals surface area contributed by atoms with Gasteiger partial charge in [-0.2, -0.15) is 5.10 Å². The van der Waals surface area contributed by atoms with E-state index in [1.807, 2.05) is 13.2 Å². The fourth-order valence-electron chi connectivity index (χ4n) is 0.524. The molecule has 0 unspecified atom stereocenters. The molecule has 1 heterocycles. The molecule has 0 atom stereocenters. The molecule has 3 nitrogen and oxygen atoms in total. The van der Waals surface area contributed by atoms with Crippen molar-refractivity contribution < 1.29 is 0 Å². The highest BCUT2D eigenvalue weighted by molar-refractivity contribution is 5.27. The molecule has 0 bridgehead atoms. The van der Waals surface area contributed by atoms with E-state index < -0.39 is 0 Å². The van der Waals surface area contributed by atoms with Gasteiger partial charge in [-0.3, -0.25) is 10.00 Å². The normalized spacial score (nSPS) is 9.25. The highest BCUT2D eigenvalue weighted by Gasteiger charge is 1.88. The molecule has 3 heteroatoms. The molecule has 0 aliphatic heterocycles. The van der Waals surface area contributed by atoms with Gasteiger partial charge >= 0.3 is 0 Å². The third-order valence-electron chi connectivity index (χ3n) is 0.949. The molecule has 1 aromatic rings. The van der Waals surface area contributed by atoms with Crippen LogP contribution in [0.4, 0.5) is 5.69 Å². The Balaban J connectivity index is 2.84. The van der Waals surface area contributed by atoms with Crippen LogP contribution in [0.15, 0.2) is 12.4 Å². The van der Waals surface area contributed by atoms with Crippen molar-refractivity contribution in [2.75, 3.05) is 7.05 Å². The van der Waals surface area contributed by atoms with Gasteiger partial charge in [-0.25, -0.2) is 0 Å². The summed E-state index contributed by atoms with van der Waals surface area (Å²) in [6.45, 7) is 0. The van der Waals surface area contributed by atoms with Crippen molar-refractivity contribution in [2.45, 2.75) is 0 Å². The average molecular weight is 110 g/mol. The zero-order chi connectivity index (χ0) is 5.98. The third kappa shape index (κ3) is 0.804. The zero-order valence-electron chi connectivity index (χ0n) is 5.00. The molecule has 0 amide bonds. The molecule has 0 aliphatic rings. The van der Waals surface area contributed by atoms with Crippen LogP contribution in [-0.2, 0) is 7.05 Å². The molecule has 0 saturated heterocycles. The second-order valence-corrected chi connectivity index (χ2v) is 1.60. The van der Waals surface area contributed by atoms with E-state index in [4.69, 9.17) is 0 Å². The number of aromatic nitrogens is 2. The van der Waals surface area contributed by atoms with Crippen molar-refractivity contribution >= 4 is 5.69 Å². The Morgan fingerprint density at radius 1 is 1.75 bits per heavy atom. The Labute approximate surface area is 48.3 Å². The molecule has 1 aromatic heterocycles. The number of rotatable bonds is 1. The SMILES string of the molecule is C[N]c1cnn(C)c1. The summed E-state index contributed by atoms with van der Waals surface area (Å²) < 4.78 is 1.72. The van der Waals surface area contributed by atoms with Crippen molar-refractivity contribution in [3.63, 3.8) is 0 Å². The first-order valence-electron chi connectivity index (χ1n) is 2.41. The summed E-state index contributed by atoms with van der Waals surface area (Å²) in [4.78, 5) is 0. The standard InChI is InChI=1S/C5H8N3/c1-6-5-3-7-8(2)4-5/h3-4H,1-2H3. The zero-order valence-corrected chi connectivity index (χ0v) is 5.00. The first kappa shape index (κ1) is 5.15. The topological polar surface area (TPSA) is 31.9 Å². The van der Waals surface area contributed by atoms with Crippen LogP contribution >= 0.6 is 0 Å². The molecular formula is C5H8N3. The fourth-order valence-corrected chi connectivity index (χ4v) is 0.524. The third-order valence-corrected chi connectivity index (χ3v) is 0.949. The summed E-state index contributed by atoms with van der Waals surface area (Å²) in [5.74, 6) is 0. The molecule has 1 radical (unpaired) electrons. The predicted octanol–water partition coefficient (Wildman–Crippen LogP) is 0.286. The van der Waals surface area contributed by atoms with Crippen molar-refractivity contribution in [1.29, 1.82) is 0 Å². The van der Waals surface area contributed by atoms with Crippen molar-refractivity contribution in [2.24, 2.45) is 7.05 Å². The summed E-state index contributed by atoms with van der Waals surface area (Å²) in [7, 11) is 3.62. The summed E-state index contributed by atoms with van der Waals surface area (Å²) >= 11 is 0. The van der Waals surface area contributed by atoms with E-state index >= 15 is 0 Å². The van der Waals surface area contributed by atoms with Gasteiger partial charge in [-0.05, 0) is 0 Å². The van der Waals surface area contributed by atoms with Gasteiger partial charge in [-0.15, -0.1) is 0 Å². The second kappa shape index (κ2) is 1.86. The van der Waals surface area contributed by atoms with Crippen LogP contribution in [0.1, 0.15) is 0 Å². The van der Waals surface area contributed by atoms with Crippen molar-refractivity contribution in [1.82, 2.24) is 15.1 Å². The molecular weight excluding hydrogens is 102 g/mol. The van der Waals surface area contributed by atoms with Crippen LogP contribution in [0, 0.1) is 0 Å². The Hall–Kier alpha value is -0.990. The number of nitrogens with zero attached hydrogens (tertiary/aromatic N) is 3. The summed E-state index contributed by atoms with van der Waals surface area (Å²) in [5.41, 5.74) is 0.924. The van der Waals surface area contributed by atoms with E-state index in [0.717, 1.165) is 5.69 Å². The van der Waals surface area contributed by atoms with E-state index in [-0.39, 0.29) is 0 Å². The Morgan fingerprint density at radius 3 is 2.75 bits per heavy atom. The van der Waals surface area contributed by atoms with Gasteiger partial charge < -0.3 is 0 Å². The van der Waals surface area contributed by atoms with Crippen LogP contribution in [0.3, 0.4) is 0 Å². The Bertz CT molecular complexity index is 168. The Morgan fingerprint density at radius 2 is 2.50 bits per heavy atom. The molecule has 0 saturated carbocycles. The van der Waals surface area contributed by atoms with Gasteiger partial charge in [0.25, 0.3) is 0 Å². The first-order chi connectivity index (χ1) is 3.83. The van der Waals surface area contributed by atoms with Gasteiger partial charge in [0.05, 0.1) is 11.9 Å². The molecule has 0 N–H and O–H groups in total. The number of hydrogen-bond acceptors (Lipinski definition) is 1. The summed E-state index contributed by atoms with van der Waals surface area (Å²) in [5, 5.41) is 7.82. The molecule has 1 rings (SSSR count). The van der Waals surface area contributed by atoms with Crippen LogP contribution in [0.25, 0.3) is 0 Å². The number of aryl methyl sites for hydroxylation is 1. The minimum Gasteiger partial charge on any atom is -0.285 e. The van der Waals surface area contributed by atoms with Gasteiger partial charge in [0.2, 0.25) is 0 Å². The molecule has 0 fully saturated rings. The lowest BCUT2D eigenvalue weighted by Gasteiger charge is -1.83. The summed E-state index contributed by atoms with van der Waals surface area (Å²) in [6.07, 6.45) is 3.58.